The summed E-state index contributed by atoms with van der Waals surface area (Å²) in [6.07, 6.45) is 3.23. The number of hydrogen-bond acceptors (Lipinski definition) is 7. The third-order valence-corrected chi connectivity index (χ3v) is 5.05. The molecule has 2 amide bonds. The lowest BCUT2D eigenvalue weighted by molar-refractivity contribution is 0.104. The van der Waals surface area contributed by atoms with E-state index in [9.17, 15) is 9.59 Å². The molecule has 28 heavy (non-hydrogen) atoms. The van der Waals surface area contributed by atoms with Crippen LogP contribution >= 0.6 is 0 Å². The summed E-state index contributed by atoms with van der Waals surface area (Å²) in [5, 5.41) is 0. The van der Waals surface area contributed by atoms with Crippen LogP contribution in [-0.2, 0) is 9.47 Å². The first-order chi connectivity index (χ1) is 13.6. The van der Waals surface area contributed by atoms with Crippen molar-refractivity contribution in [2.75, 3.05) is 75.4 Å². The monoisotopic (exact) mass is 391 g/mol. The van der Waals surface area contributed by atoms with Gasteiger partial charge in [0.25, 0.3) is 0 Å². The lowest BCUT2D eigenvalue weighted by atomic mass is 10.2. The van der Waals surface area contributed by atoms with Gasteiger partial charge in [0.05, 0.1) is 37.0 Å². The highest BCUT2D eigenvalue weighted by Crippen LogP contribution is 2.23. The second-order valence-electron chi connectivity index (χ2n) is 6.75. The molecule has 154 valence electrons. The minimum atomic E-state index is -0.242. The second-order valence-corrected chi connectivity index (χ2v) is 6.75. The van der Waals surface area contributed by atoms with Gasteiger partial charge in [-0.05, 0) is 19.9 Å². The molecular formula is C19H29N5O4. The fraction of sp³-hybridized carbons (Fsp3) is 0.632. The molecule has 0 atom stereocenters. The molecule has 1 aromatic rings. The molecule has 2 saturated heterocycles. The Morgan fingerprint density at radius 2 is 1.18 bits per heavy atom. The van der Waals surface area contributed by atoms with Crippen LogP contribution in [-0.4, -0.2) is 92.5 Å². The summed E-state index contributed by atoms with van der Waals surface area (Å²) < 4.78 is 10.1. The van der Waals surface area contributed by atoms with Crippen LogP contribution in [0.25, 0.3) is 0 Å². The number of nitrogens with zero attached hydrogens (tertiary/aromatic N) is 5. The van der Waals surface area contributed by atoms with Crippen molar-refractivity contribution in [3.63, 3.8) is 0 Å². The van der Waals surface area contributed by atoms with Gasteiger partial charge in [0.1, 0.15) is 0 Å². The van der Waals surface area contributed by atoms with Crippen LogP contribution in [0.2, 0.25) is 0 Å². The van der Waals surface area contributed by atoms with Crippen LogP contribution in [0.15, 0.2) is 18.5 Å². The fourth-order valence-electron chi connectivity index (χ4n) is 3.49. The minimum Gasteiger partial charge on any atom is -0.450 e. The van der Waals surface area contributed by atoms with Crippen molar-refractivity contribution in [3.8, 4) is 0 Å². The smallest absolute Gasteiger partial charge is 0.409 e. The molecule has 0 spiro atoms. The molecule has 3 rings (SSSR count). The summed E-state index contributed by atoms with van der Waals surface area (Å²) >= 11 is 0. The van der Waals surface area contributed by atoms with E-state index in [4.69, 9.17) is 9.47 Å². The molecule has 2 aliphatic rings. The number of hydrogen-bond donors (Lipinski definition) is 0. The van der Waals surface area contributed by atoms with Crippen LogP contribution in [0.4, 0.5) is 21.0 Å². The lowest BCUT2D eigenvalue weighted by Crippen LogP contribution is -2.49. The van der Waals surface area contributed by atoms with Crippen molar-refractivity contribution in [1.82, 2.24) is 14.8 Å². The normalized spacial score (nSPS) is 17.5. The minimum absolute atomic E-state index is 0.242. The SMILES string of the molecule is CCOC(=O)N1CCN(c2cncc(N3CCN(C(=O)OCC)CC3)c2)CC1. The van der Waals surface area contributed by atoms with E-state index in [0.29, 0.717) is 39.4 Å². The first-order valence-corrected chi connectivity index (χ1v) is 9.90. The summed E-state index contributed by atoms with van der Waals surface area (Å²) in [6.45, 7) is 9.99. The number of rotatable bonds is 4. The van der Waals surface area contributed by atoms with Crippen LogP contribution in [0, 0.1) is 0 Å². The molecule has 0 radical (unpaired) electrons. The van der Waals surface area contributed by atoms with E-state index in [1.807, 2.05) is 26.2 Å². The molecule has 1 aromatic heterocycles. The third-order valence-electron chi connectivity index (χ3n) is 5.05. The molecule has 9 nitrogen and oxygen atoms in total. The van der Waals surface area contributed by atoms with E-state index in [2.05, 4.69) is 20.9 Å². The van der Waals surface area contributed by atoms with E-state index in [-0.39, 0.29) is 12.2 Å². The summed E-state index contributed by atoms with van der Waals surface area (Å²) in [4.78, 5) is 36.1. The highest BCUT2D eigenvalue weighted by atomic mass is 16.6. The van der Waals surface area contributed by atoms with Gasteiger partial charge in [0, 0.05) is 52.4 Å². The Kier molecular flexibility index (Phi) is 6.78. The maximum atomic E-state index is 11.8. The van der Waals surface area contributed by atoms with E-state index in [1.165, 1.54) is 0 Å². The predicted octanol–water partition coefficient (Wildman–Crippen LogP) is 1.64. The Morgan fingerprint density at radius 1 is 0.786 bits per heavy atom. The summed E-state index contributed by atoms with van der Waals surface area (Å²) in [5.74, 6) is 0. The molecular weight excluding hydrogens is 362 g/mol. The summed E-state index contributed by atoms with van der Waals surface area (Å²) in [7, 11) is 0. The van der Waals surface area contributed by atoms with E-state index in [0.717, 1.165) is 37.6 Å². The van der Waals surface area contributed by atoms with Crippen molar-refractivity contribution in [1.29, 1.82) is 0 Å². The number of anilines is 2. The molecule has 0 saturated carbocycles. The zero-order valence-corrected chi connectivity index (χ0v) is 16.7. The van der Waals surface area contributed by atoms with E-state index < -0.39 is 0 Å². The van der Waals surface area contributed by atoms with Crippen LogP contribution < -0.4 is 9.80 Å². The number of ether oxygens (including phenoxy) is 2. The standard InChI is InChI=1S/C19H29N5O4/c1-3-27-18(25)23-9-5-21(6-10-23)16-13-17(15-20-14-16)22-7-11-24(12-8-22)19(26)28-4-2/h13-15H,3-12H2,1-2H3. The first-order valence-electron chi connectivity index (χ1n) is 9.90. The van der Waals surface area contributed by atoms with Crippen LogP contribution in [0.5, 0.6) is 0 Å². The molecule has 0 N–H and O–H groups in total. The molecule has 0 bridgehead atoms. The number of pyridine rings is 1. The van der Waals surface area contributed by atoms with Gasteiger partial charge in [0.15, 0.2) is 0 Å². The number of amides is 2. The number of carbonyl (C=O) groups is 2. The Morgan fingerprint density at radius 3 is 1.54 bits per heavy atom. The van der Waals surface area contributed by atoms with Crippen LogP contribution in [0.3, 0.4) is 0 Å². The van der Waals surface area contributed by atoms with E-state index >= 15 is 0 Å². The van der Waals surface area contributed by atoms with Crippen molar-refractivity contribution >= 4 is 23.6 Å². The zero-order chi connectivity index (χ0) is 19.9. The Balaban J connectivity index is 1.55. The number of piperazine rings is 2. The molecule has 9 heteroatoms. The highest BCUT2D eigenvalue weighted by molar-refractivity contribution is 5.69. The second kappa shape index (κ2) is 9.48. The largest absolute Gasteiger partial charge is 0.450 e. The molecule has 0 aliphatic carbocycles. The quantitative estimate of drug-likeness (QED) is 0.772. The Bertz CT molecular complexity index is 617. The summed E-state index contributed by atoms with van der Waals surface area (Å²) in [5.41, 5.74) is 2.10. The average molecular weight is 391 g/mol. The molecule has 0 unspecified atom stereocenters. The number of aromatic nitrogens is 1. The average Bonchev–Trinajstić information content (AvgIpc) is 2.74. The zero-order valence-electron chi connectivity index (χ0n) is 16.7. The molecule has 0 aromatic carbocycles. The van der Waals surface area contributed by atoms with Crippen LogP contribution in [0.1, 0.15) is 13.8 Å². The molecule has 2 fully saturated rings. The van der Waals surface area contributed by atoms with Gasteiger partial charge in [-0.2, -0.15) is 0 Å². The van der Waals surface area contributed by atoms with Gasteiger partial charge in [-0.15, -0.1) is 0 Å². The maximum Gasteiger partial charge on any atom is 0.409 e. The predicted molar refractivity (Wildman–Crippen MR) is 106 cm³/mol. The Hall–Kier alpha value is -2.71. The molecule has 2 aliphatic heterocycles. The maximum absolute atomic E-state index is 11.8. The molecule has 3 heterocycles. The van der Waals surface area contributed by atoms with Crippen molar-refractivity contribution < 1.29 is 19.1 Å². The Labute approximate surface area is 165 Å². The van der Waals surface area contributed by atoms with E-state index in [1.54, 1.807) is 9.80 Å². The van der Waals surface area contributed by atoms with Gasteiger partial charge in [-0.1, -0.05) is 0 Å². The third kappa shape index (κ3) is 4.76. The topological polar surface area (TPSA) is 78.5 Å². The van der Waals surface area contributed by atoms with Crippen molar-refractivity contribution in [3.05, 3.63) is 18.5 Å². The lowest BCUT2D eigenvalue weighted by Gasteiger charge is -2.37. The highest BCUT2D eigenvalue weighted by Gasteiger charge is 2.24. The van der Waals surface area contributed by atoms with Gasteiger partial charge in [-0.3, -0.25) is 4.98 Å². The van der Waals surface area contributed by atoms with Gasteiger partial charge >= 0.3 is 12.2 Å². The van der Waals surface area contributed by atoms with Gasteiger partial charge < -0.3 is 29.1 Å². The van der Waals surface area contributed by atoms with Gasteiger partial charge in [-0.25, -0.2) is 9.59 Å². The van der Waals surface area contributed by atoms with Gasteiger partial charge in [0.2, 0.25) is 0 Å². The van der Waals surface area contributed by atoms with Crippen molar-refractivity contribution in [2.24, 2.45) is 0 Å². The van der Waals surface area contributed by atoms with Crippen molar-refractivity contribution in [2.45, 2.75) is 13.8 Å². The first kappa shape index (κ1) is 20.0. The fourth-order valence-corrected chi connectivity index (χ4v) is 3.49. The number of carbonyl (C=O) groups excluding carboxylic acids is 2. The summed E-state index contributed by atoms with van der Waals surface area (Å²) in [6, 6.07) is 2.13.